The molecule has 0 aliphatic heterocycles. The Morgan fingerprint density at radius 3 is 2.70 bits per heavy atom. The summed E-state index contributed by atoms with van der Waals surface area (Å²) in [6.45, 7) is 0. The molecule has 2 rings (SSSR count). The van der Waals surface area contributed by atoms with Crippen LogP contribution in [0.3, 0.4) is 0 Å². The second kappa shape index (κ2) is 6.32. The summed E-state index contributed by atoms with van der Waals surface area (Å²) in [7, 11) is 0. The molecule has 0 unspecified atom stereocenters. The van der Waals surface area contributed by atoms with Gasteiger partial charge in [-0.3, -0.25) is 0 Å². The van der Waals surface area contributed by atoms with Crippen LogP contribution in [0.4, 0.5) is 5.82 Å². The molecule has 1 aromatic carbocycles. The van der Waals surface area contributed by atoms with Gasteiger partial charge in [-0.05, 0) is 22.3 Å². The first-order valence-electron chi connectivity index (χ1n) is 5.82. The number of aryl methyl sites for hydroxylation is 1. The van der Waals surface area contributed by atoms with Gasteiger partial charge in [-0.15, -0.1) is 0 Å². The van der Waals surface area contributed by atoms with Crippen LogP contribution in [0, 0.1) is 0 Å². The van der Waals surface area contributed by atoms with Crippen molar-refractivity contribution in [3.63, 3.8) is 0 Å². The summed E-state index contributed by atoms with van der Waals surface area (Å²) in [4.78, 5) is 16.2. The fourth-order valence-electron chi connectivity index (χ4n) is 1.45. The molecule has 104 valence electrons. The van der Waals surface area contributed by atoms with Crippen molar-refractivity contribution in [3.8, 4) is 0 Å². The third-order valence-electron chi connectivity index (χ3n) is 2.46. The summed E-state index contributed by atoms with van der Waals surface area (Å²) in [6, 6.07) is 9.55. The molecule has 8 nitrogen and oxygen atoms in total. The normalized spacial score (nSPS) is 11.3. The molecule has 0 amide bonds. The number of carbonyl (C=O) groups excluding carboxylic acids is 1. The second-order valence-electron chi connectivity index (χ2n) is 3.92. The minimum absolute atomic E-state index is 0.0217. The molecule has 20 heavy (non-hydrogen) atoms. The molecule has 0 saturated carbocycles. The molecule has 0 radical (unpaired) electrons. The molecule has 0 aliphatic carbocycles. The van der Waals surface area contributed by atoms with E-state index in [1.165, 1.54) is 0 Å². The largest absolute Gasteiger partial charge is 0.379 e. The fraction of sp³-hybridized carbons (Fsp3) is 0.167. The van der Waals surface area contributed by atoms with E-state index in [9.17, 15) is 4.79 Å². The molecule has 8 heteroatoms. The van der Waals surface area contributed by atoms with Crippen LogP contribution in [0.5, 0.6) is 0 Å². The molecular formula is C12H13N5O3. The van der Waals surface area contributed by atoms with E-state index in [0.29, 0.717) is 6.42 Å². The Morgan fingerprint density at radius 1 is 1.30 bits per heavy atom. The van der Waals surface area contributed by atoms with E-state index >= 15 is 0 Å². The number of oxime groups is 1. The predicted molar refractivity (Wildman–Crippen MR) is 70.3 cm³/mol. The maximum Gasteiger partial charge on any atom is 0.335 e. The highest BCUT2D eigenvalue weighted by molar-refractivity contribution is 5.99. The van der Waals surface area contributed by atoms with Crippen molar-refractivity contribution in [2.45, 2.75) is 12.8 Å². The lowest BCUT2D eigenvalue weighted by Crippen LogP contribution is -2.17. The van der Waals surface area contributed by atoms with Crippen LogP contribution in [0.1, 0.15) is 17.7 Å². The van der Waals surface area contributed by atoms with Crippen LogP contribution in [0.25, 0.3) is 0 Å². The fourth-order valence-corrected chi connectivity index (χ4v) is 1.45. The highest BCUT2D eigenvalue weighted by atomic mass is 16.7. The number of nitrogens with zero attached hydrogens (tertiary/aromatic N) is 3. The standard InChI is InChI=1S/C12H13N5O3/c13-11(10-12(14)17-20-15-10)16-19-9(18)7-6-8-4-2-1-3-5-8/h1-5H,6-7H2,(H2,13,16)(H2,14,17). The van der Waals surface area contributed by atoms with Crippen molar-refractivity contribution in [2.75, 3.05) is 5.73 Å². The lowest BCUT2D eigenvalue weighted by molar-refractivity contribution is -0.143. The summed E-state index contributed by atoms with van der Waals surface area (Å²) in [5, 5.41) is 10.2. The SMILES string of the molecule is N/C(=N\OC(=O)CCc1ccccc1)c1nonc1N. The Kier molecular flexibility index (Phi) is 4.28. The van der Waals surface area contributed by atoms with Crippen LogP contribution in [-0.4, -0.2) is 22.1 Å². The first-order chi connectivity index (χ1) is 9.66. The van der Waals surface area contributed by atoms with Crippen molar-refractivity contribution in [1.82, 2.24) is 10.3 Å². The lowest BCUT2D eigenvalue weighted by Gasteiger charge is -2.00. The Bertz CT molecular complexity index is 609. The monoisotopic (exact) mass is 275 g/mol. The van der Waals surface area contributed by atoms with Crippen LogP contribution < -0.4 is 11.5 Å². The number of benzene rings is 1. The van der Waals surface area contributed by atoms with Crippen molar-refractivity contribution in [1.29, 1.82) is 0 Å². The molecular weight excluding hydrogens is 262 g/mol. The minimum Gasteiger partial charge on any atom is -0.379 e. The quantitative estimate of drug-likeness (QED) is 0.350. The zero-order valence-corrected chi connectivity index (χ0v) is 10.5. The smallest absolute Gasteiger partial charge is 0.335 e. The molecule has 0 fully saturated rings. The van der Waals surface area contributed by atoms with Crippen LogP contribution in [0.2, 0.25) is 0 Å². The van der Waals surface area contributed by atoms with Crippen LogP contribution in [0.15, 0.2) is 40.1 Å². The Hall–Kier alpha value is -2.90. The molecule has 0 spiro atoms. The zero-order valence-electron chi connectivity index (χ0n) is 10.5. The van der Waals surface area contributed by atoms with Gasteiger partial charge in [0.15, 0.2) is 17.3 Å². The molecule has 0 atom stereocenters. The van der Waals surface area contributed by atoms with Gasteiger partial charge in [-0.25, -0.2) is 9.42 Å². The first-order valence-corrected chi connectivity index (χ1v) is 5.82. The minimum atomic E-state index is -0.508. The van der Waals surface area contributed by atoms with Crippen LogP contribution >= 0.6 is 0 Å². The maximum absolute atomic E-state index is 11.5. The molecule has 4 N–H and O–H groups in total. The number of nitrogens with two attached hydrogens (primary N) is 2. The number of amidine groups is 1. The van der Waals surface area contributed by atoms with Gasteiger partial charge in [0, 0.05) is 0 Å². The number of carbonyl (C=O) groups is 1. The summed E-state index contributed by atoms with van der Waals surface area (Å²) in [6.07, 6.45) is 0.746. The Labute approximate surface area is 114 Å². The van der Waals surface area contributed by atoms with E-state index in [0.717, 1.165) is 5.56 Å². The third-order valence-corrected chi connectivity index (χ3v) is 2.46. The van der Waals surface area contributed by atoms with Gasteiger partial charge in [-0.1, -0.05) is 35.5 Å². The number of hydrogen-bond donors (Lipinski definition) is 2. The average molecular weight is 275 g/mol. The second-order valence-corrected chi connectivity index (χ2v) is 3.92. The number of anilines is 1. The highest BCUT2D eigenvalue weighted by Gasteiger charge is 2.12. The number of hydrogen-bond acceptors (Lipinski definition) is 7. The molecule has 0 saturated heterocycles. The van der Waals surface area contributed by atoms with E-state index in [-0.39, 0.29) is 23.8 Å². The first kappa shape index (κ1) is 13.5. The van der Waals surface area contributed by atoms with E-state index < -0.39 is 5.97 Å². The summed E-state index contributed by atoms with van der Waals surface area (Å²) in [5.74, 6) is -0.699. The van der Waals surface area contributed by atoms with Gasteiger partial charge in [0.25, 0.3) is 0 Å². The number of aromatic nitrogens is 2. The van der Waals surface area contributed by atoms with Crippen LogP contribution in [-0.2, 0) is 16.1 Å². The summed E-state index contributed by atoms with van der Waals surface area (Å²) >= 11 is 0. The average Bonchev–Trinajstić information content (AvgIpc) is 2.90. The Balaban J connectivity index is 1.85. The molecule has 1 aromatic heterocycles. The van der Waals surface area contributed by atoms with E-state index in [1.54, 1.807) is 0 Å². The van der Waals surface area contributed by atoms with E-state index in [1.807, 2.05) is 30.3 Å². The lowest BCUT2D eigenvalue weighted by atomic mass is 10.1. The maximum atomic E-state index is 11.5. The molecule has 2 aromatic rings. The number of nitrogen functional groups attached to an aromatic ring is 1. The number of rotatable bonds is 5. The van der Waals surface area contributed by atoms with Gasteiger partial charge in [-0.2, -0.15) is 0 Å². The molecule has 1 heterocycles. The van der Waals surface area contributed by atoms with Crippen molar-refractivity contribution in [2.24, 2.45) is 10.9 Å². The highest BCUT2D eigenvalue weighted by Crippen LogP contribution is 2.05. The van der Waals surface area contributed by atoms with Crippen molar-refractivity contribution < 1.29 is 14.3 Å². The van der Waals surface area contributed by atoms with Crippen molar-refractivity contribution in [3.05, 3.63) is 41.6 Å². The van der Waals surface area contributed by atoms with Gasteiger partial charge in [0.05, 0.1) is 6.42 Å². The van der Waals surface area contributed by atoms with E-state index in [4.69, 9.17) is 11.5 Å². The van der Waals surface area contributed by atoms with Gasteiger partial charge >= 0.3 is 5.97 Å². The topological polar surface area (TPSA) is 130 Å². The Morgan fingerprint density at radius 2 is 2.05 bits per heavy atom. The summed E-state index contributed by atoms with van der Waals surface area (Å²) in [5.41, 5.74) is 12.0. The third kappa shape index (κ3) is 3.55. The van der Waals surface area contributed by atoms with Gasteiger partial charge < -0.3 is 16.3 Å². The molecule has 0 bridgehead atoms. The van der Waals surface area contributed by atoms with Gasteiger partial charge in [0.1, 0.15) is 0 Å². The van der Waals surface area contributed by atoms with Crippen molar-refractivity contribution >= 4 is 17.6 Å². The predicted octanol–water partition coefficient (Wildman–Crippen LogP) is 0.448. The molecule has 0 aliphatic rings. The van der Waals surface area contributed by atoms with Gasteiger partial charge in [0.2, 0.25) is 0 Å². The van der Waals surface area contributed by atoms with E-state index in [2.05, 4.69) is 24.9 Å². The zero-order chi connectivity index (χ0) is 14.4. The summed E-state index contributed by atoms with van der Waals surface area (Å²) < 4.78 is 4.35.